The van der Waals surface area contributed by atoms with Crippen molar-refractivity contribution < 1.29 is 4.42 Å². The minimum absolute atomic E-state index is 0.693. The summed E-state index contributed by atoms with van der Waals surface area (Å²) in [5, 5.41) is 7.07. The maximum atomic E-state index is 6.57. The highest BCUT2D eigenvalue weighted by Crippen LogP contribution is 2.44. The molecule has 2 aromatic heterocycles. The Morgan fingerprint density at radius 3 is 1.69 bits per heavy atom. The highest BCUT2D eigenvalue weighted by molar-refractivity contribution is 6.27. The molecule has 10 rings (SSSR count). The second-order valence-corrected chi connectivity index (χ2v) is 13.0. The predicted octanol–water partition coefficient (Wildman–Crippen LogP) is 13.0. The zero-order chi connectivity index (χ0) is 33.7. The van der Waals surface area contributed by atoms with E-state index in [1.165, 1.54) is 21.5 Å². The summed E-state index contributed by atoms with van der Waals surface area (Å²) in [6.07, 6.45) is 0. The van der Waals surface area contributed by atoms with Gasteiger partial charge in [0.25, 0.3) is 0 Å². The SMILES string of the molecule is c1ccc(-c2cc(-c3cc(-c4ccccc4)nc(-c4ccccc4)n3)cc(-c3cc4oc5ccccc5c4c4ccc5ccccc5c34)c2)cc1. The second-order valence-electron chi connectivity index (χ2n) is 13.0. The predicted molar refractivity (Wildman–Crippen MR) is 212 cm³/mol. The number of fused-ring (bicyclic) bond motifs is 7. The Hall–Kier alpha value is -6.84. The fourth-order valence-electron chi connectivity index (χ4n) is 7.44. The monoisotopic (exact) mass is 650 g/mol. The zero-order valence-electron chi connectivity index (χ0n) is 27.6. The molecule has 0 saturated carbocycles. The van der Waals surface area contributed by atoms with Gasteiger partial charge in [0.1, 0.15) is 11.2 Å². The number of furan rings is 1. The molecule has 0 atom stereocenters. The highest BCUT2D eigenvalue weighted by Gasteiger charge is 2.19. The van der Waals surface area contributed by atoms with Gasteiger partial charge in [-0.1, -0.05) is 146 Å². The number of hydrogen-bond acceptors (Lipinski definition) is 3. The van der Waals surface area contributed by atoms with E-state index in [1.54, 1.807) is 0 Å². The average molecular weight is 651 g/mol. The summed E-state index contributed by atoms with van der Waals surface area (Å²) in [7, 11) is 0. The molecule has 0 spiro atoms. The molecule has 2 heterocycles. The van der Waals surface area contributed by atoms with E-state index in [0.29, 0.717) is 5.82 Å². The van der Waals surface area contributed by atoms with Crippen molar-refractivity contribution in [2.75, 3.05) is 0 Å². The number of para-hydroxylation sites is 1. The average Bonchev–Trinajstić information content (AvgIpc) is 3.60. The normalized spacial score (nSPS) is 11.5. The number of hydrogen-bond donors (Lipinski definition) is 0. The molecule has 0 aliphatic rings. The van der Waals surface area contributed by atoms with Crippen LogP contribution in [0.15, 0.2) is 186 Å². The number of benzene rings is 8. The van der Waals surface area contributed by atoms with Crippen LogP contribution in [0.5, 0.6) is 0 Å². The van der Waals surface area contributed by atoms with E-state index in [-0.39, 0.29) is 0 Å². The van der Waals surface area contributed by atoms with Crippen molar-refractivity contribution in [1.29, 1.82) is 0 Å². The third kappa shape index (κ3) is 5.06. The second kappa shape index (κ2) is 11.9. The van der Waals surface area contributed by atoms with Crippen molar-refractivity contribution in [2.45, 2.75) is 0 Å². The van der Waals surface area contributed by atoms with Crippen molar-refractivity contribution in [3.8, 4) is 56.2 Å². The van der Waals surface area contributed by atoms with Crippen LogP contribution in [0.2, 0.25) is 0 Å². The molecule has 8 aromatic carbocycles. The Kier molecular flexibility index (Phi) is 6.81. The summed E-state index contributed by atoms with van der Waals surface area (Å²) < 4.78 is 6.57. The van der Waals surface area contributed by atoms with Gasteiger partial charge in [-0.05, 0) is 80.2 Å². The van der Waals surface area contributed by atoms with E-state index < -0.39 is 0 Å². The summed E-state index contributed by atoms with van der Waals surface area (Å²) >= 11 is 0. The molecule has 0 radical (unpaired) electrons. The maximum absolute atomic E-state index is 6.57. The van der Waals surface area contributed by atoms with Crippen LogP contribution in [-0.4, -0.2) is 9.97 Å². The summed E-state index contributed by atoms with van der Waals surface area (Å²) in [5.74, 6) is 0.693. The lowest BCUT2D eigenvalue weighted by molar-refractivity contribution is 0.669. The van der Waals surface area contributed by atoms with Gasteiger partial charge in [0.2, 0.25) is 0 Å². The van der Waals surface area contributed by atoms with Gasteiger partial charge in [-0.3, -0.25) is 0 Å². The van der Waals surface area contributed by atoms with Crippen LogP contribution in [0, 0.1) is 0 Å². The molecule has 0 unspecified atom stereocenters. The van der Waals surface area contributed by atoms with Crippen LogP contribution < -0.4 is 0 Å². The van der Waals surface area contributed by atoms with Gasteiger partial charge in [-0.25, -0.2) is 9.97 Å². The first-order valence-corrected chi connectivity index (χ1v) is 17.2. The molecule has 0 bridgehead atoms. The van der Waals surface area contributed by atoms with Gasteiger partial charge in [-0.15, -0.1) is 0 Å². The van der Waals surface area contributed by atoms with Gasteiger partial charge < -0.3 is 4.42 Å². The number of nitrogens with zero attached hydrogens (tertiary/aromatic N) is 2. The van der Waals surface area contributed by atoms with Gasteiger partial charge in [0, 0.05) is 27.5 Å². The Bertz CT molecular complexity index is 2840. The maximum Gasteiger partial charge on any atom is 0.160 e. The molecule has 10 aromatic rings. The topological polar surface area (TPSA) is 38.9 Å². The number of rotatable bonds is 5. The molecule has 0 aliphatic heterocycles. The van der Waals surface area contributed by atoms with E-state index in [1.807, 2.05) is 30.3 Å². The summed E-state index contributed by atoms with van der Waals surface area (Å²) in [6, 6.07) is 63.9. The van der Waals surface area contributed by atoms with E-state index in [0.717, 1.165) is 72.3 Å². The first-order chi connectivity index (χ1) is 25.3. The molecule has 0 fully saturated rings. The van der Waals surface area contributed by atoms with Crippen LogP contribution in [0.4, 0.5) is 0 Å². The van der Waals surface area contributed by atoms with Crippen LogP contribution in [0.3, 0.4) is 0 Å². The zero-order valence-corrected chi connectivity index (χ0v) is 27.6. The molecule has 3 nitrogen and oxygen atoms in total. The molecule has 0 amide bonds. The lowest BCUT2D eigenvalue weighted by Crippen LogP contribution is -1.96. The minimum atomic E-state index is 0.693. The fourth-order valence-corrected chi connectivity index (χ4v) is 7.44. The first-order valence-electron chi connectivity index (χ1n) is 17.2. The smallest absolute Gasteiger partial charge is 0.160 e. The van der Waals surface area contributed by atoms with Crippen molar-refractivity contribution in [1.82, 2.24) is 9.97 Å². The van der Waals surface area contributed by atoms with Gasteiger partial charge in [0.15, 0.2) is 5.82 Å². The molecule has 0 aliphatic carbocycles. The van der Waals surface area contributed by atoms with E-state index in [9.17, 15) is 0 Å². The molecule has 0 N–H and O–H groups in total. The van der Waals surface area contributed by atoms with Crippen LogP contribution >= 0.6 is 0 Å². The summed E-state index contributed by atoms with van der Waals surface area (Å²) in [5.41, 5.74) is 11.0. The van der Waals surface area contributed by atoms with Crippen molar-refractivity contribution in [2.24, 2.45) is 0 Å². The van der Waals surface area contributed by atoms with Crippen molar-refractivity contribution >= 4 is 43.5 Å². The third-order valence-electron chi connectivity index (χ3n) is 9.84. The van der Waals surface area contributed by atoms with Gasteiger partial charge in [-0.2, -0.15) is 0 Å². The molecule has 238 valence electrons. The quantitative estimate of drug-likeness (QED) is 0.174. The van der Waals surface area contributed by atoms with E-state index in [2.05, 4.69) is 152 Å². The minimum Gasteiger partial charge on any atom is -0.456 e. The standard InChI is InChI=1S/C48H30N2O/c1-4-14-31(15-5-1)35-26-36(28-37(27-35)43-30-42(33-17-6-2-7-18-33)49-48(50-43)34-19-8-3-9-20-34)41-29-45-47(39-22-12-13-23-44(39)51-45)40-25-24-32-16-10-11-21-38(32)46(40)41/h1-30H. The summed E-state index contributed by atoms with van der Waals surface area (Å²) in [6.45, 7) is 0. The van der Waals surface area contributed by atoms with Crippen LogP contribution in [-0.2, 0) is 0 Å². The van der Waals surface area contributed by atoms with E-state index in [4.69, 9.17) is 14.4 Å². The Labute approximate surface area is 295 Å². The van der Waals surface area contributed by atoms with Gasteiger partial charge >= 0.3 is 0 Å². The molecule has 0 saturated heterocycles. The van der Waals surface area contributed by atoms with Crippen molar-refractivity contribution in [3.05, 3.63) is 182 Å². The fraction of sp³-hybridized carbons (Fsp3) is 0. The Morgan fingerprint density at radius 1 is 0.333 bits per heavy atom. The molecular weight excluding hydrogens is 621 g/mol. The van der Waals surface area contributed by atoms with Crippen molar-refractivity contribution in [3.63, 3.8) is 0 Å². The number of aromatic nitrogens is 2. The Balaban J connectivity index is 1.29. The first kappa shape index (κ1) is 29.1. The van der Waals surface area contributed by atoms with Gasteiger partial charge in [0.05, 0.1) is 11.4 Å². The molecule has 3 heteroatoms. The third-order valence-corrected chi connectivity index (χ3v) is 9.84. The summed E-state index contributed by atoms with van der Waals surface area (Å²) in [4.78, 5) is 10.3. The molecular formula is C48H30N2O. The largest absolute Gasteiger partial charge is 0.456 e. The lowest BCUT2D eigenvalue weighted by atomic mass is 9.88. The molecule has 51 heavy (non-hydrogen) atoms. The van der Waals surface area contributed by atoms with Crippen LogP contribution in [0.1, 0.15) is 0 Å². The van der Waals surface area contributed by atoms with Crippen LogP contribution in [0.25, 0.3) is 99.6 Å². The Morgan fingerprint density at radius 2 is 0.922 bits per heavy atom. The van der Waals surface area contributed by atoms with E-state index >= 15 is 0 Å². The highest BCUT2D eigenvalue weighted by atomic mass is 16.3. The lowest BCUT2D eigenvalue weighted by Gasteiger charge is -2.16.